The zero-order chi connectivity index (χ0) is 14.6. The molecule has 2 aromatic rings. The van der Waals surface area contributed by atoms with Crippen molar-refractivity contribution < 1.29 is 9.47 Å². The normalized spacial score (nSPS) is 18.2. The molecule has 1 aliphatic carbocycles. The number of ether oxygens (including phenoxy) is 2. The van der Waals surface area contributed by atoms with E-state index in [0.717, 1.165) is 29.1 Å². The Morgan fingerprint density at radius 2 is 2.00 bits per heavy atom. The van der Waals surface area contributed by atoms with Crippen LogP contribution in [0.2, 0.25) is 0 Å². The van der Waals surface area contributed by atoms with Crippen molar-refractivity contribution in [1.29, 1.82) is 0 Å². The van der Waals surface area contributed by atoms with Crippen molar-refractivity contribution >= 4 is 11.0 Å². The smallest absolute Gasteiger partial charge is 0.231 e. The maximum absolute atomic E-state index is 6.25. The lowest BCUT2D eigenvalue weighted by Gasteiger charge is -2.28. The molecule has 0 saturated heterocycles. The molecule has 21 heavy (non-hydrogen) atoms. The number of rotatable bonds is 3. The Labute approximate surface area is 124 Å². The molecule has 1 aromatic heterocycles. The van der Waals surface area contributed by atoms with Gasteiger partial charge in [0, 0.05) is 30.1 Å². The number of imidazole rings is 1. The Balaban J connectivity index is 1.88. The van der Waals surface area contributed by atoms with E-state index in [1.165, 1.54) is 25.1 Å². The lowest BCUT2D eigenvalue weighted by atomic mass is 9.84. The molecule has 0 spiro atoms. The van der Waals surface area contributed by atoms with Crippen molar-refractivity contribution in [1.82, 2.24) is 9.55 Å². The molecule has 2 N–H and O–H groups in total. The first kappa shape index (κ1) is 13.0. The minimum absolute atomic E-state index is 0.275. The summed E-state index contributed by atoms with van der Waals surface area (Å²) >= 11 is 0. The first-order valence-electron chi connectivity index (χ1n) is 7.60. The van der Waals surface area contributed by atoms with Crippen LogP contribution in [-0.4, -0.2) is 21.9 Å². The minimum Gasteiger partial charge on any atom is -0.454 e. The van der Waals surface area contributed by atoms with E-state index in [-0.39, 0.29) is 5.54 Å². The number of aromatic nitrogens is 2. The molecule has 112 valence electrons. The van der Waals surface area contributed by atoms with Gasteiger partial charge in [0.2, 0.25) is 6.79 Å². The Bertz CT molecular complexity index is 696. The van der Waals surface area contributed by atoms with Gasteiger partial charge in [-0.1, -0.05) is 6.42 Å². The third-order valence-electron chi connectivity index (χ3n) is 4.31. The van der Waals surface area contributed by atoms with Crippen LogP contribution in [0, 0.1) is 0 Å². The van der Waals surface area contributed by atoms with Gasteiger partial charge in [0.05, 0.1) is 11.0 Å². The van der Waals surface area contributed by atoms with Crippen LogP contribution in [0.3, 0.4) is 0 Å². The van der Waals surface area contributed by atoms with E-state index in [4.69, 9.17) is 20.2 Å². The molecule has 5 heteroatoms. The molecule has 4 rings (SSSR count). The predicted molar refractivity (Wildman–Crippen MR) is 80.7 cm³/mol. The second-order valence-electron chi connectivity index (χ2n) is 6.87. The number of benzene rings is 1. The summed E-state index contributed by atoms with van der Waals surface area (Å²) in [5.74, 6) is 3.33. The lowest BCUT2D eigenvalue weighted by molar-refractivity contribution is 0.174. The van der Waals surface area contributed by atoms with Crippen molar-refractivity contribution in [2.75, 3.05) is 6.79 Å². The van der Waals surface area contributed by atoms with Gasteiger partial charge in [0.1, 0.15) is 5.82 Å². The Kier molecular flexibility index (Phi) is 2.70. The Morgan fingerprint density at radius 1 is 1.29 bits per heavy atom. The monoisotopic (exact) mass is 287 g/mol. The molecule has 5 nitrogen and oxygen atoms in total. The van der Waals surface area contributed by atoms with E-state index >= 15 is 0 Å². The SMILES string of the molecule is CC(C)(N)Cn1c(C2CCC2)nc2cc3c(cc21)OCO3. The van der Waals surface area contributed by atoms with Crippen molar-refractivity contribution in [2.45, 2.75) is 51.1 Å². The second kappa shape index (κ2) is 4.37. The summed E-state index contributed by atoms with van der Waals surface area (Å²) in [6, 6.07) is 4.03. The van der Waals surface area contributed by atoms with E-state index in [2.05, 4.69) is 18.4 Å². The molecule has 1 aromatic carbocycles. The van der Waals surface area contributed by atoms with E-state index in [1.54, 1.807) is 0 Å². The highest BCUT2D eigenvalue weighted by Gasteiger charge is 2.28. The van der Waals surface area contributed by atoms with Crippen molar-refractivity contribution in [3.8, 4) is 11.5 Å². The van der Waals surface area contributed by atoms with E-state index in [0.29, 0.717) is 12.7 Å². The zero-order valence-electron chi connectivity index (χ0n) is 12.6. The molecule has 0 radical (unpaired) electrons. The molecule has 0 atom stereocenters. The van der Waals surface area contributed by atoms with Gasteiger partial charge < -0.3 is 19.8 Å². The molecule has 1 saturated carbocycles. The average Bonchev–Trinajstić information content (AvgIpc) is 2.89. The zero-order valence-corrected chi connectivity index (χ0v) is 12.6. The summed E-state index contributed by atoms with van der Waals surface area (Å²) in [7, 11) is 0. The van der Waals surface area contributed by atoms with Crippen LogP contribution in [0.15, 0.2) is 12.1 Å². The number of fused-ring (bicyclic) bond motifs is 2. The highest BCUT2D eigenvalue weighted by atomic mass is 16.7. The third kappa shape index (κ3) is 2.16. The number of hydrogen-bond donors (Lipinski definition) is 1. The summed E-state index contributed by atoms with van der Waals surface area (Å²) in [5.41, 5.74) is 8.05. The second-order valence-corrected chi connectivity index (χ2v) is 6.87. The van der Waals surface area contributed by atoms with Crippen molar-refractivity contribution in [3.63, 3.8) is 0 Å². The van der Waals surface area contributed by atoms with Crippen LogP contribution >= 0.6 is 0 Å². The van der Waals surface area contributed by atoms with Gasteiger partial charge >= 0.3 is 0 Å². The van der Waals surface area contributed by atoms with Gasteiger partial charge in [-0.15, -0.1) is 0 Å². The molecule has 1 fully saturated rings. The summed E-state index contributed by atoms with van der Waals surface area (Å²) in [6.45, 7) is 5.15. The van der Waals surface area contributed by atoms with Gasteiger partial charge in [-0.25, -0.2) is 4.98 Å². The summed E-state index contributed by atoms with van der Waals surface area (Å²) in [6.07, 6.45) is 3.74. The molecule has 0 unspecified atom stereocenters. The van der Waals surface area contributed by atoms with Crippen LogP contribution in [0.5, 0.6) is 11.5 Å². The van der Waals surface area contributed by atoms with Gasteiger partial charge in [-0.2, -0.15) is 0 Å². The fourth-order valence-electron chi connectivity index (χ4n) is 3.09. The van der Waals surface area contributed by atoms with Gasteiger partial charge in [-0.3, -0.25) is 0 Å². The fourth-order valence-corrected chi connectivity index (χ4v) is 3.09. The van der Waals surface area contributed by atoms with Crippen molar-refractivity contribution in [3.05, 3.63) is 18.0 Å². The summed E-state index contributed by atoms with van der Waals surface area (Å²) in [5, 5.41) is 0. The maximum Gasteiger partial charge on any atom is 0.231 e. The van der Waals surface area contributed by atoms with E-state index in [1.807, 2.05) is 12.1 Å². The van der Waals surface area contributed by atoms with Crippen LogP contribution in [-0.2, 0) is 6.54 Å². The predicted octanol–water partition coefficient (Wildman–Crippen LogP) is 2.77. The molecule has 0 amide bonds. The standard InChI is InChI=1S/C16H21N3O2/c1-16(2,17)8-19-12-7-14-13(20-9-21-14)6-11(12)18-15(19)10-4-3-5-10/h6-7,10H,3-5,8-9,17H2,1-2H3. The van der Waals surface area contributed by atoms with E-state index < -0.39 is 0 Å². The summed E-state index contributed by atoms with van der Waals surface area (Å²) in [4.78, 5) is 4.87. The fraction of sp³-hybridized carbons (Fsp3) is 0.562. The third-order valence-corrected chi connectivity index (χ3v) is 4.31. The molecule has 0 bridgehead atoms. The largest absolute Gasteiger partial charge is 0.454 e. The lowest BCUT2D eigenvalue weighted by Crippen LogP contribution is -2.38. The topological polar surface area (TPSA) is 62.3 Å². The number of hydrogen-bond acceptors (Lipinski definition) is 4. The molecule has 2 aliphatic rings. The van der Waals surface area contributed by atoms with Crippen LogP contribution in [0.4, 0.5) is 0 Å². The summed E-state index contributed by atoms with van der Waals surface area (Å²) < 4.78 is 13.2. The number of nitrogens with zero attached hydrogens (tertiary/aromatic N) is 2. The molecule has 1 aliphatic heterocycles. The van der Waals surface area contributed by atoms with E-state index in [9.17, 15) is 0 Å². The maximum atomic E-state index is 6.25. The van der Waals surface area contributed by atoms with Gasteiger partial charge in [-0.05, 0) is 26.7 Å². The average molecular weight is 287 g/mol. The van der Waals surface area contributed by atoms with Crippen LogP contribution in [0.25, 0.3) is 11.0 Å². The van der Waals surface area contributed by atoms with Gasteiger partial charge in [0.15, 0.2) is 11.5 Å². The Hall–Kier alpha value is -1.75. The number of nitrogens with two attached hydrogens (primary N) is 1. The highest BCUT2D eigenvalue weighted by Crippen LogP contribution is 2.41. The minimum atomic E-state index is -0.275. The molecular weight excluding hydrogens is 266 g/mol. The quantitative estimate of drug-likeness (QED) is 0.943. The van der Waals surface area contributed by atoms with Crippen LogP contribution < -0.4 is 15.2 Å². The highest BCUT2D eigenvalue weighted by molar-refractivity contribution is 5.81. The first-order chi connectivity index (χ1) is 10.0. The van der Waals surface area contributed by atoms with Crippen LogP contribution in [0.1, 0.15) is 44.9 Å². The van der Waals surface area contributed by atoms with Gasteiger partial charge in [0.25, 0.3) is 0 Å². The molecule has 2 heterocycles. The van der Waals surface area contributed by atoms with Crippen molar-refractivity contribution in [2.24, 2.45) is 5.73 Å². The first-order valence-corrected chi connectivity index (χ1v) is 7.60. The molecular formula is C16H21N3O2. The Morgan fingerprint density at radius 3 is 2.62 bits per heavy atom.